The molecule has 19 heavy (non-hydrogen) atoms. The van der Waals surface area contributed by atoms with E-state index < -0.39 is 17.4 Å². The number of nitrogens with one attached hydrogen (secondary N) is 2. The molecule has 8 heteroatoms. The summed E-state index contributed by atoms with van der Waals surface area (Å²) in [4.78, 5) is 27.3. The van der Waals surface area contributed by atoms with Crippen molar-refractivity contribution in [2.75, 3.05) is 13.2 Å². The summed E-state index contributed by atoms with van der Waals surface area (Å²) in [7, 11) is 0. The summed E-state index contributed by atoms with van der Waals surface area (Å²) in [5.74, 6) is -1.10. The Balaban J connectivity index is 2.13. The van der Waals surface area contributed by atoms with Crippen LogP contribution in [0.25, 0.3) is 0 Å². The summed E-state index contributed by atoms with van der Waals surface area (Å²) in [6, 6.07) is 0. The predicted molar refractivity (Wildman–Crippen MR) is 63.7 cm³/mol. The molecule has 0 aliphatic carbocycles. The Morgan fingerprint density at radius 2 is 2.26 bits per heavy atom. The average molecular weight is 268 g/mol. The molecule has 3 N–H and O–H groups in total. The van der Waals surface area contributed by atoms with Crippen LogP contribution in [0.5, 0.6) is 0 Å². The van der Waals surface area contributed by atoms with Crippen molar-refractivity contribution in [3.63, 3.8) is 0 Å². The molecule has 1 fully saturated rings. The first kappa shape index (κ1) is 13.5. The van der Waals surface area contributed by atoms with E-state index in [0.29, 0.717) is 12.4 Å². The van der Waals surface area contributed by atoms with Crippen molar-refractivity contribution in [2.24, 2.45) is 0 Å². The fourth-order valence-electron chi connectivity index (χ4n) is 1.79. The molecule has 1 atom stereocenters. The monoisotopic (exact) mass is 268 g/mol. The van der Waals surface area contributed by atoms with E-state index >= 15 is 0 Å². The predicted octanol–water partition coefficient (Wildman–Crippen LogP) is -0.0984. The fraction of sp³-hybridized carbons (Fsp3) is 0.636. The number of rotatable bonds is 4. The van der Waals surface area contributed by atoms with Crippen molar-refractivity contribution >= 4 is 11.9 Å². The molecule has 1 aromatic rings. The normalized spacial score (nSPS) is 22.7. The third-order valence-electron chi connectivity index (χ3n) is 3.04. The van der Waals surface area contributed by atoms with Crippen LogP contribution in [-0.2, 0) is 9.53 Å². The number of hydrogen-bond acceptors (Lipinski definition) is 5. The molecule has 1 aliphatic heterocycles. The van der Waals surface area contributed by atoms with Gasteiger partial charge in [0.05, 0.1) is 6.61 Å². The zero-order valence-corrected chi connectivity index (χ0v) is 10.8. The van der Waals surface area contributed by atoms with Gasteiger partial charge >= 0.3 is 5.97 Å². The van der Waals surface area contributed by atoms with Crippen molar-refractivity contribution in [3.05, 3.63) is 11.6 Å². The first-order chi connectivity index (χ1) is 8.94. The Morgan fingerprint density at radius 1 is 1.53 bits per heavy atom. The van der Waals surface area contributed by atoms with Crippen LogP contribution in [0, 0.1) is 0 Å². The summed E-state index contributed by atoms with van der Waals surface area (Å²) in [6.07, 6.45) is 0.232. The second-order valence-electron chi connectivity index (χ2n) is 4.84. The summed E-state index contributed by atoms with van der Waals surface area (Å²) < 4.78 is 5.06. The van der Waals surface area contributed by atoms with Crippen LogP contribution in [0.2, 0.25) is 0 Å². The van der Waals surface area contributed by atoms with Gasteiger partial charge in [0.2, 0.25) is 5.82 Å². The molecule has 2 heterocycles. The number of aromatic amines is 1. The lowest BCUT2D eigenvalue weighted by Crippen LogP contribution is -2.55. The Kier molecular flexibility index (Phi) is 3.52. The van der Waals surface area contributed by atoms with Gasteiger partial charge in [-0.2, -0.15) is 0 Å². The van der Waals surface area contributed by atoms with Gasteiger partial charge in [-0.25, -0.2) is 9.78 Å². The molecule has 1 saturated heterocycles. The quantitative estimate of drug-likeness (QED) is 0.702. The maximum absolute atomic E-state index is 12.0. The van der Waals surface area contributed by atoms with E-state index in [-0.39, 0.29) is 24.8 Å². The SMILES string of the molecule is CC(C)c1nc(C(=O)NC2(C(=O)O)CCOC2)n[nH]1. The summed E-state index contributed by atoms with van der Waals surface area (Å²) >= 11 is 0. The van der Waals surface area contributed by atoms with Gasteiger partial charge in [0, 0.05) is 18.9 Å². The van der Waals surface area contributed by atoms with Gasteiger partial charge in [-0.3, -0.25) is 9.89 Å². The van der Waals surface area contributed by atoms with Gasteiger partial charge in [-0.05, 0) is 0 Å². The van der Waals surface area contributed by atoms with Gasteiger partial charge in [0.15, 0.2) is 5.54 Å². The molecule has 0 bridgehead atoms. The maximum atomic E-state index is 12.0. The van der Waals surface area contributed by atoms with Gasteiger partial charge in [0.25, 0.3) is 5.91 Å². The van der Waals surface area contributed by atoms with E-state index in [0.717, 1.165) is 0 Å². The van der Waals surface area contributed by atoms with Crippen molar-refractivity contribution in [2.45, 2.75) is 31.7 Å². The van der Waals surface area contributed by atoms with Gasteiger partial charge in [-0.15, -0.1) is 5.10 Å². The average Bonchev–Trinajstić information content (AvgIpc) is 2.97. The summed E-state index contributed by atoms with van der Waals surface area (Å²) in [5, 5.41) is 18.1. The number of carboxylic acids is 1. The third kappa shape index (κ3) is 2.58. The van der Waals surface area contributed by atoms with E-state index in [1.165, 1.54) is 0 Å². The second kappa shape index (κ2) is 4.96. The van der Waals surface area contributed by atoms with E-state index in [4.69, 9.17) is 4.74 Å². The zero-order valence-electron chi connectivity index (χ0n) is 10.8. The van der Waals surface area contributed by atoms with Crippen LogP contribution < -0.4 is 5.32 Å². The number of carbonyl (C=O) groups is 2. The van der Waals surface area contributed by atoms with Crippen molar-refractivity contribution in [1.29, 1.82) is 0 Å². The van der Waals surface area contributed by atoms with Gasteiger partial charge in [0.1, 0.15) is 5.82 Å². The van der Waals surface area contributed by atoms with Crippen LogP contribution in [-0.4, -0.2) is 50.9 Å². The molecule has 2 rings (SSSR count). The highest BCUT2D eigenvalue weighted by Crippen LogP contribution is 2.19. The highest BCUT2D eigenvalue weighted by Gasteiger charge is 2.44. The molecule has 0 radical (unpaired) electrons. The first-order valence-electron chi connectivity index (χ1n) is 6.00. The van der Waals surface area contributed by atoms with Crippen LogP contribution in [0.1, 0.15) is 42.6 Å². The molecule has 0 aromatic carbocycles. The Bertz CT molecular complexity index is 491. The standard InChI is InChI=1S/C11H16N4O4/c1-6(2)7-12-8(15-14-7)9(16)13-11(10(17)18)3-4-19-5-11/h6H,3-5H2,1-2H3,(H,13,16)(H,17,18)(H,12,14,15). The first-order valence-corrected chi connectivity index (χ1v) is 6.00. The molecule has 0 spiro atoms. The highest BCUT2D eigenvalue weighted by atomic mass is 16.5. The molecule has 1 aromatic heterocycles. The van der Waals surface area contributed by atoms with Gasteiger partial charge < -0.3 is 15.2 Å². The van der Waals surface area contributed by atoms with Crippen LogP contribution in [0.3, 0.4) is 0 Å². The topological polar surface area (TPSA) is 117 Å². The Hall–Kier alpha value is -1.96. The maximum Gasteiger partial charge on any atom is 0.331 e. The van der Waals surface area contributed by atoms with Crippen LogP contribution >= 0.6 is 0 Å². The van der Waals surface area contributed by atoms with E-state index in [2.05, 4.69) is 20.5 Å². The lowest BCUT2D eigenvalue weighted by molar-refractivity contribution is -0.144. The highest BCUT2D eigenvalue weighted by molar-refractivity contribution is 5.95. The van der Waals surface area contributed by atoms with E-state index in [1.54, 1.807) is 0 Å². The summed E-state index contributed by atoms with van der Waals surface area (Å²) in [5.41, 5.74) is -1.38. The number of ether oxygens (including phenoxy) is 1. The largest absolute Gasteiger partial charge is 0.479 e. The minimum atomic E-state index is -1.38. The second-order valence-corrected chi connectivity index (χ2v) is 4.84. The molecule has 0 saturated carbocycles. The Morgan fingerprint density at radius 3 is 2.74 bits per heavy atom. The number of hydrogen-bond donors (Lipinski definition) is 3. The lowest BCUT2D eigenvalue weighted by Gasteiger charge is -2.22. The lowest BCUT2D eigenvalue weighted by atomic mass is 9.99. The number of aromatic nitrogens is 3. The fourth-order valence-corrected chi connectivity index (χ4v) is 1.79. The smallest absolute Gasteiger partial charge is 0.331 e. The zero-order chi connectivity index (χ0) is 14.0. The van der Waals surface area contributed by atoms with Crippen molar-refractivity contribution in [3.8, 4) is 0 Å². The third-order valence-corrected chi connectivity index (χ3v) is 3.04. The minimum Gasteiger partial charge on any atom is -0.479 e. The Labute approximate surface area is 109 Å². The van der Waals surface area contributed by atoms with Crippen LogP contribution in [0.4, 0.5) is 0 Å². The van der Waals surface area contributed by atoms with Crippen LogP contribution in [0.15, 0.2) is 0 Å². The number of H-pyrrole nitrogens is 1. The van der Waals surface area contributed by atoms with E-state index in [9.17, 15) is 14.7 Å². The molecule has 1 amide bonds. The number of nitrogens with zero attached hydrogens (tertiary/aromatic N) is 2. The molecule has 104 valence electrons. The molecule has 1 unspecified atom stereocenters. The van der Waals surface area contributed by atoms with Crippen molar-refractivity contribution in [1.82, 2.24) is 20.5 Å². The number of carbonyl (C=O) groups excluding carboxylic acids is 1. The molecular weight excluding hydrogens is 252 g/mol. The molecule has 1 aliphatic rings. The van der Waals surface area contributed by atoms with Gasteiger partial charge in [-0.1, -0.05) is 13.8 Å². The molecular formula is C11H16N4O4. The number of aliphatic carboxylic acids is 1. The van der Waals surface area contributed by atoms with Crippen molar-refractivity contribution < 1.29 is 19.4 Å². The van der Waals surface area contributed by atoms with E-state index in [1.807, 2.05) is 13.8 Å². The minimum absolute atomic E-state index is 0.0461. The number of amides is 1. The molecule has 8 nitrogen and oxygen atoms in total. The summed E-state index contributed by atoms with van der Waals surface area (Å²) in [6.45, 7) is 4.07. The number of carboxylic acid groups (broad SMARTS) is 1.